The molecule has 1 heterocycles. The van der Waals surface area contributed by atoms with Gasteiger partial charge in [0.05, 0.1) is 5.25 Å². The summed E-state index contributed by atoms with van der Waals surface area (Å²) in [5, 5.41) is 8.36. The Kier molecular flexibility index (Phi) is 5.17. The molecule has 2 atom stereocenters. The van der Waals surface area contributed by atoms with E-state index in [4.69, 9.17) is 10.8 Å². The van der Waals surface area contributed by atoms with Crippen molar-refractivity contribution in [2.24, 2.45) is 11.7 Å². The number of aliphatic hydroxyl groups is 1. The lowest BCUT2D eigenvalue weighted by atomic mass is 9.97. The Labute approximate surface area is 97.7 Å². The number of hydrogen-bond acceptors (Lipinski definition) is 4. The highest BCUT2D eigenvalue weighted by molar-refractivity contribution is 7.89. The molecule has 0 radical (unpaired) electrons. The van der Waals surface area contributed by atoms with Gasteiger partial charge in [0, 0.05) is 26.2 Å². The van der Waals surface area contributed by atoms with E-state index >= 15 is 0 Å². The fourth-order valence-electron chi connectivity index (χ4n) is 2.05. The van der Waals surface area contributed by atoms with E-state index in [1.165, 1.54) is 4.31 Å². The number of rotatable bonds is 5. The van der Waals surface area contributed by atoms with Crippen LogP contribution in [0.5, 0.6) is 0 Å². The first-order chi connectivity index (χ1) is 7.52. The van der Waals surface area contributed by atoms with Crippen LogP contribution >= 0.6 is 0 Å². The fraction of sp³-hybridized carbons (Fsp3) is 1.00. The summed E-state index contributed by atoms with van der Waals surface area (Å²) in [6.45, 7) is 3.06. The molecule has 96 valence electrons. The van der Waals surface area contributed by atoms with E-state index in [0.29, 0.717) is 25.4 Å². The van der Waals surface area contributed by atoms with Crippen LogP contribution < -0.4 is 5.73 Å². The van der Waals surface area contributed by atoms with Gasteiger partial charge in [-0.05, 0) is 32.1 Å². The van der Waals surface area contributed by atoms with Gasteiger partial charge in [-0.1, -0.05) is 0 Å². The Morgan fingerprint density at radius 3 is 2.81 bits per heavy atom. The Morgan fingerprint density at radius 1 is 1.56 bits per heavy atom. The molecule has 1 rings (SSSR count). The predicted molar refractivity (Wildman–Crippen MR) is 63.4 cm³/mol. The smallest absolute Gasteiger partial charge is 0.217 e. The van der Waals surface area contributed by atoms with Crippen molar-refractivity contribution < 1.29 is 13.5 Å². The van der Waals surface area contributed by atoms with Crippen LogP contribution in [-0.2, 0) is 10.0 Å². The molecule has 0 bridgehead atoms. The van der Waals surface area contributed by atoms with Crippen molar-refractivity contribution in [1.29, 1.82) is 0 Å². The van der Waals surface area contributed by atoms with Gasteiger partial charge in [-0.3, -0.25) is 0 Å². The minimum Gasteiger partial charge on any atom is -0.396 e. The number of piperidine rings is 1. The Bertz CT molecular complexity index is 303. The SMILES string of the molecule is CC(CN)S(=O)(=O)N1CCCC(CCO)C1. The average molecular weight is 250 g/mol. The van der Waals surface area contributed by atoms with Crippen molar-refractivity contribution in [3.05, 3.63) is 0 Å². The topological polar surface area (TPSA) is 83.6 Å². The second-order valence-corrected chi connectivity index (χ2v) is 6.82. The van der Waals surface area contributed by atoms with Gasteiger partial charge in [-0.25, -0.2) is 12.7 Å². The van der Waals surface area contributed by atoms with E-state index in [-0.39, 0.29) is 13.2 Å². The summed E-state index contributed by atoms with van der Waals surface area (Å²) in [7, 11) is -3.24. The highest BCUT2D eigenvalue weighted by Gasteiger charge is 2.31. The standard InChI is InChI=1S/C10H22N2O3S/c1-9(7-11)16(14,15)12-5-2-3-10(8-12)4-6-13/h9-10,13H,2-8,11H2,1H3. The van der Waals surface area contributed by atoms with E-state index in [1.807, 2.05) is 0 Å². The lowest BCUT2D eigenvalue weighted by Crippen LogP contribution is -2.45. The van der Waals surface area contributed by atoms with Gasteiger partial charge >= 0.3 is 0 Å². The maximum Gasteiger partial charge on any atom is 0.217 e. The second kappa shape index (κ2) is 5.95. The third kappa shape index (κ3) is 3.16. The molecule has 0 amide bonds. The quantitative estimate of drug-likeness (QED) is 0.705. The first-order valence-corrected chi connectivity index (χ1v) is 7.32. The Balaban J connectivity index is 2.66. The molecule has 0 aromatic heterocycles. The number of sulfonamides is 1. The van der Waals surface area contributed by atoms with Crippen molar-refractivity contribution in [2.45, 2.75) is 31.4 Å². The molecular weight excluding hydrogens is 228 g/mol. The van der Waals surface area contributed by atoms with Gasteiger partial charge in [0.1, 0.15) is 0 Å². The van der Waals surface area contributed by atoms with E-state index in [1.54, 1.807) is 6.92 Å². The Hall–Kier alpha value is -0.170. The molecule has 1 saturated heterocycles. The third-order valence-corrected chi connectivity index (χ3v) is 5.48. The van der Waals surface area contributed by atoms with Crippen molar-refractivity contribution in [1.82, 2.24) is 4.31 Å². The van der Waals surface area contributed by atoms with Crippen LogP contribution in [0.25, 0.3) is 0 Å². The largest absolute Gasteiger partial charge is 0.396 e. The molecule has 6 heteroatoms. The summed E-state index contributed by atoms with van der Waals surface area (Å²) in [6.07, 6.45) is 2.56. The average Bonchev–Trinajstić information content (AvgIpc) is 2.28. The zero-order valence-corrected chi connectivity index (χ0v) is 10.6. The van der Waals surface area contributed by atoms with Crippen LogP contribution in [0.2, 0.25) is 0 Å². The molecule has 0 spiro atoms. The van der Waals surface area contributed by atoms with Crippen LogP contribution in [0.3, 0.4) is 0 Å². The fourth-order valence-corrected chi connectivity index (χ4v) is 3.61. The third-order valence-electron chi connectivity index (χ3n) is 3.22. The first kappa shape index (κ1) is 13.9. The zero-order valence-electron chi connectivity index (χ0n) is 9.80. The summed E-state index contributed by atoms with van der Waals surface area (Å²) >= 11 is 0. The highest BCUT2D eigenvalue weighted by Crippen LogP contribution is 2.23. The maximum atomic E-state index is 12.0. The van der Waals surface area contributed by atoms with Gasteiger partial charge < -0.3 is 10.8 Å². The van der Waals surface area contributed by atoms with Gasteiger partial charge in [-0.2, -0.15) is 0 Å². The van der Waals surface area contributed by atoms with Crippen LogP contribution in [0.1, 0.15) is 26.2 Å². The number of aliphatic hydroxyl groups excluding tert-OH is 1. The summed E-state index contributed by atoms with van der Waals surface area (Å²) in [4.78, 5) is 0. The van der Waals surface area contributed by atoms with E-state index in [0.717, 1.165) is 12.8 Å². The normalized spacial score (nSPS) is 25.6. The molecule has 1 fully saturated rings. The highest BCUT2D eigenvalue weighted by atomic mass is 32.2. The molecule has 3 N–H and O–H groups in total. The predicted octanol–water partition coefficient (Wildman–Crippen LogP) is -0.242. The molecule has 2 unspecified atom stereocenters. The molecule has 0 aromatic rings. The van der Waals surface area contributed by atoms with Crippen molar-refractivity contribution in [2.75, 3.05) is 26.2 Å². The molecule has 0 saturated carbocycles. The molecule has 0 aromatic carbocycles. The number of nitrogens with zero attached hydrogens (tertiary/aromatic N) is 1. The monoisotopic (exact) mass is 250 g/mol. The minimum atomic E-state index is -3.24. The summed E-state index contributed by atoms with van der Waals surface area (Å²) in [5.41, 5.74) is 5.41. The van der Waals surface area contributed by atoms with E-state index < -0.39 is 15.3 Å². The maximum absolute atomic E-state index is 12.0. The number of hydrogen-bond donors (Lipinski definition) is 2. The summed E-state index contributed by atoms with van der Waals surface area (Å²) < 4.78 is 25.6. The molecular formula is C10H22N2O3S. The zero-order chi connectivity index (χ0) is 12.2. The van der Waals surface area contributed by atoms with Crippen molar-refractivity contribution >= 4 is 10.0 Å². The van der Waals surface area contributed by atoms with Crippen molar-refractivity contribution in [3.63, 3.8) is 0 Å². The summed E-state index contributed by atoms with van der Waals surface area (Å²) in [5.74, 6) is 0.290. The lowest BCUT2D eigenvalue weighted by molar-refractivity contribution is 0.202. The Morgan fingerprint density at radius 2 is 2.25 bits per heavy atom. The van der Waals surface area contributed by atoms with Crippen LogP contribution in [0.15, 0.2) is 0 Å². The molecule has 1 aliphatic rings. The van der Waals surface area contributed by atoms with Gasteiger partial charge in [0.25, 0.3) is 0 Å². The van der Waals surface area contributed by atoms with Gasteiger partial charge in [0.15, 0.2) is 0 Å². The molecule has 16 heavy (non-hydrogen) atoms. The minimum absolute atomic E-state index is 0.130. The van der Waals surface area contributed by atoms with Gasteiger partial charge in [-0.15, -0.1) is 0 Å². The van der Waals surface area contributed by atoms with Crippen LogP contribution in [-0.4, -0.2) is 49.3 Å². The van der Waals surface area contributed by atoms with Crippen molar-refractivity contribution in [3.8, 4) is 0 Å². The first-order valence-electron chi connectivity index (χ1n) is 5.82. The van der Waals surface area contributed by atoms with Gasteiger partial charge in [0.2, 0.25) is 10.0 Å². The molecule has 5 nitrogen and oxygen atoms in total. The molecule has 0 aliphatic carbocycles. The summed E-state index contributed by atoms with van der Waals surface area (Å²) in [6, 6.07) is 0. The second-order valence-electron chi connectivity index (χ2n) is 4.47. The number of nitrogens with two attached hydrogens (primary N) is 1. The lowest BCUT2D eigenvalue weighted by Gasteiger charge is -2.33. The molecule has 1 aliphatic heterocycles. The van der Waals surface area contributed by atoms with Crippen LogP contribution in [0, 0.1) is 5.92 Å². The van der Waals surface area contributed by atoms with Crippen LogP contribution in [0.4, 0.5) is 0 Å². The van der Waals surface area contributed by atoms with E-state index in [2.05, 4.69) is 0 Å². The van der Waals surface area contributed by atoms with E-state index in [9.17, 15) is 8.42 Å².